The molecule has 4 rings (SSSR count). The van der Waals surface area contributed by atoms with E-state index < -0.39 is 0 Å². The van der Waals surface area contributed by atoms with Gasteiger partial charge in [0.2, 0.25) is 5.91 Å². The minimum Gasteiger partial charge on any atom is -0.348 e. The van der Waals surface area contributed by atoms with Crippen molar-refractivity contribution >= 4 is 11.8 Å². The summed E-state index contributed by atoms with van der Waals surface area (Å²) in [6.07, 6.45) is 1.52. The van der Waals surface area contributed by atoms with Gasteiger partial charge in [-0.2, -0.15) is 0 Å². The summed E-state index contributed by atoms with van der Waals surface area (Å²) in [7, 11) is 0. The van der Waals surface area contributed by atoms with Gasteiger partial charge in [0.25, 0.3) is 5.91 Å². The summed E-state index contributed by atoms with van der Waals surface area (Å²) >= 11 is 0. The number of amides is 2. The average molecular weight is 476 g/mol. The van der Waals surface area contributed by atoms with E-state index >= 15 is 0 Å². The van der Waals surface area contributed by atoms with Crippen molar-refractivity contribution in [2.45, 2.75) is 52.7 Å². The first-order valence-electron chi connectivity index (χ1n) is 12.0. The molecule has 0 aliphatic carbocycles. The van der Waals surface area contributed by atoms with Crippen LogP contribution in [0.5, 0.6) is 0 Å². The number of hydrogen-bond donors (Lipinski definition) is 1. The Kier molecular flexibility index (Phi) is 7.25. The molecule has 2 unspecified atom stereocenters. The predicted molar refractivity (Wildman–Crippen MR) is 134 cm³/mol. The van der Waals surface area contributed by atoms with Crippen molar-refractivity contribution in [1.29, 1.82) is 0 Å². The average Bonchev–Trinajstić information content (AvgIpc) is 3.33. The largest absolute Gasteiger partial charge is 0.348 e. The lowest BCUT2D eigenvalue weighted by Gasteiger charge is -2.44. The van der Waals surface area contributed by atoms with Crippen molar-refractivity contribution < 1.29 is 9.59 Å². The number of nitrogens with one attached hydrogen (secondary N) is 1. The summed E-state index contributed by atoms with van der Waals surface area (Å²) in [5, 5.41) is 14.6. The fraction of sp³-hybridized carbons (Fsp3) is 0.423. The van der Waals surface area contributed by atoms with E-state index in [0.717, 1.165) is 24.2 Å². The third-order valence-electron chi connectivity index (χ3n) is 6.45. The summed E-state index contributed by atoms with van der Waals surface area (Å²) in [6.45, 7) is 12.1. The highest BCUT2D eigenvalue weighted by molar-refractivity contribution is 5.96. The highest BCUT2D eigenvalue weighted by Crippen LogP contribution is 2.25. The first-order chi connectivity index (χ1) is 16.7. The van der Waals surface area contributed by atoms with Crippen LogP contribution in [0.25, 0.3) is 16.8 Å². The van der Waals surface area contributed by atoms with Crippen LogP contribution in [0.2, 0.25) is 0 Å². The molecule has 0 bridgehead atoms. The van der Waals surface area contributed by atoms with Crippen molar-refractivity contribution in [3.05, 3.63) is 59.9 Å². The molecule has 2 amide bonds. The van der Waals surface area contributed by atoms with Crippen LogP contribution in [0.15, 0.2) is 48.8 Å². The molecule has 1 aromatic heterocycles. The topological polar surface area (TPSA) is 96.2 Å². The zero-order valence-corrected chi connectivity index (χ0v) is 21.0. The van der Waals surface area contributed by atoms with Gasteiger partial charge in [-0.1, -0.05) is 29.8 Å². The Balaban J connectivity index is 1.50. The van der Waals surface area contributed by atoms with Gasteiger partial charge in [0.05, 0.1) is 5.69 Å². The number of aromatic nitrogens is 4. The van der Waals surface area contributed by atoms with Gasteiger partial charge in [-0.3, -0.25) is 14.5 Å². The number of rotatable bonds is 6. The van der Waals surface area contributed by atoms with Gasteiger partial charge in [0.15, 0.2) is 0 Å². The summed E-state index contributed by atoms with van der Waals surface area (Å²) in [5.41, 5.74) is 4.36. The van der Waals surface area contributed by atoms with Gasteiger partial charge < -0.3 is 10.2 Å². The summed E-state index contributed by atoms with van der Waals surface area (Å²) in [5.74, 6) is -0.0397. The second-order valence-corrected chi connectivity index (χ2v) is 9.61. The third-order valence-corrected chi connectivity index (χ3v) is 6.45. The first-order valence-corrected chi connectivity index (χ1v) is 12.0. The van der Waals surface area contributed by atoms with Crippen molar-refractivity contribution in [3.8, 4) is 16.8 Å². The number of hydrogen-bond acceptors (Lipinski definition) is 6. The molecular formula is C26H33N7O2. The SMILES string of the molecule is CC(=O)N1C(C)CN(C[C@@H](C)NC(=O)c2cc(-c3ccc(C)cc3)cc(-n3cnnn3)c2)CC1C. The summed E-state index contributed by atoms with van der Waals surface area (Å²) in [6, 6.07) is 14.1. The minimum atomic E-state index is -0.149. The van der Waals surface area contributed by atoms with Crippen molar-refractivity contribution in [3.63, 3.8) is 0 Å². The highest BCUT2D eigenvalue weighted by atomic mass is 16.2. The molecule has 0 spiro atoms. The molecule has 35 heavy (non-hydrogen) atoms. The second-order valence-electron chi connectivity index (χ2n) is 9.61. The van der Waals surface area contributed by atoms with Crippen LogP contribution in [0.4, 0.5) is 0 Å². The maximum atomic E-state index is 13.3. The monoisotopic (exact) mass is 475 g/mol. The molecule has 9 heteroatoms. The van der Waals surface area contributed by atoms with Crippen molar-refractivity contribution in [2.24, 2.45) is 0 Å². The molecule has 0 saturated carbocycles. The molecule has 1 N–H and O–H groups in total. The fourth-order valence-electron chi connectivity index (χ4n) is 5.01. The quantitative estimate of drug-likeness (QED) is 0.589. The fourth-order valence-corrected chi connectivity index (χ4v) is 5.01. The Hall–Kier alpha value is -3.59. The molecule has 1 aliphatic heterocycles. The Morgan fingerprint density at radius 1 is 1.06 bits per heavy atom. The Labute approximate surface area is 206 Å². The molecule has 1 fully saturated rings. The molecule has 3 atom stereocenters. The zero-order chi connectivity index (χ0) is 25.1. The molecule has 0 radical (unpaired) electrons. The summed E-state index contributed by atoms with van der Waals surface area (Å²) < 4.78 is 1.55. The van der Waals surface area contributed by atoms with Crippen LogP contribution in [-0.2, 0) is 4.79 Å². The van der Waals surface area contributed by atoms with Gasteiger partial charge >= 0.3 is 0 Å². The number of nitrogens with zero attached hydrogens (tertiary/aromatic N) is 6. The molecule has 184 valence electrons. The molecule has 3 aromatic rings. The molecule has 1 aliphatic rings. The van der Waals surface area contributed by atoms with E-state index in [-0.39, 0.29) is 29.9 Å². The van der Waals surface area contributed by atoms with Gasteiger partial charge in [0, 0.05) is 50.2 Å². The first kappa shape index (κ1) is 24.5. The van der Waals surface area contributed by atoms with Crippen LogP contribution >= 0.6 is 0 Å². The summed E-state index contributed by atoms with van der Waals surface area (Å²) in [4.78, 5) is 29.5. The van der Waals surface area contributed by atoms with E-state index in [1.807, 2.05) is 43.0 Å². The van der Waals surface area contributed by atoms with E-state index in [9.17, 15) is 9.59 Å². The Bertz CT molecular complexity index is 1160. The lowest BCUT2D eigenvalue weighted by molar-refractivity contribution is -0.136. The molecule has 2 heterocycles. The number of tetrazole rings is 1. The van der Waals surface area contributed by atoms with E-state index in [1.165, 1.54) is 11.9 Å². The van der Waals surface area contributed by atoms with E-state index in [2.05, 4.69) is 51.7 Å². The highest BCUT2D eigenvalue weighted by Gasteiger charge is 2.31. The van der Waals surface area contributed by atoms with Gasteiger partial charge in [-0.05, 0) is 67.4 Å². The van der Waals surface area contributed by atoms with Gasteiger partial charge in [0.1, 0.15) is 6.33 Å². The number of carbonyl (C=O) groups excluding carboxylic acids is 2. The molecular weight excluding hydrogens is 442 g/mol. The van der Waals surface area contributed by atoms with Crippen LogP contribution < -0.4 is 5.32 Å². The second kappa shape index (κ2) is 10.4. The lowest BCUT2D eigenvalue weighted by atomic mass is 10.0. The van der Waals surface area contributed by atoms with Crippen LogP contribution in [0.3, 0.4) is 0 Å². The van der Waals surface area contributed by atoms with E-state index in [0.29, 0.717) is 17.8 Å². The van der Waals surface area contributed by atoms with Crippen molar-refractivity contribution in [2.75, 3.05) is 19.6 Å². The molecule has 9 nitrogen and oxygen atoms in total. The van der Waals surface area contributed by atoms with Gasteiger partial charge in [-0.15, -0.1) is 5.10 Å². The lowest BCUT2D eigenvalue weighted by Crippen LogP contribution is -2.59. The standard InChI is InChI=1S/C26H33N7O2/c1-17-6-8-22(9-7-17)23-10-24(12-25(11-23)32-16-27-29-30-32)26(35)28-18(2)13-31-14-19(3)33(21(5)34)20(4)15-31/h6-12,16,18-20H,13-15H2,1-5H3,(H,28,35)/t18-,19?,20?/m1/s1. The number of piperazine rings is 1. The number of benzene rings is 2. The Morgan fingerprint density at radius 2 is 1.74 bits per heavy atom. The smallest absolute Gasteiger partial charge is 0.251 e. The minimum absolute atomic E-state index is 0.0645. The molecule has 1 saturated heterocycles. The Morgan fingerprint density at radius 3 is 2.34 bits per heavy atom. The van der Waals surface area contributed by atoms with E-state index in [1.54, 1.807) is 17.7 Å². The number of aryl methyl sites for hydroxylation is 1. The third kappa shape index (κ3) is 5.74. The maximum absolute atomic E-state index is 13.3. The van der Waals surface area contributed by atoms with Crippen LogP contribution in [0.1, 0.15) is 43.6 Å². The normalized spacial score (nSPS) is 19.4. The number of carbonyl (C=O) groups is 2. The zero-order valence-electron chi connectivity index (χ0n) is 21.0. The van der Waals surface area contributed by atoms with Crippen LogP contribution in [0, 0.1) is 6.92 Å². The van der Waals surface area contributed by atoms with Crippen molar-refractivity contribution in [1.82, 2.24) is 35.3 Å². The maximum Gasteiger partial charge on any atom is 0.251 e. The molecule has 2 aromatic carbocycles. The van der Waals surface area contributed by atoms with Gasteiger partial charge in [-0.25, -0.2) is 4.68 Å². The predicted octanol–water partition coefficient (Wildman–Crippen LogP) is 2.70. The van der Waals surface area contributed by atoms with Crippen LogP contribution in [-0.4, -0.2) is 79.6 Å². The van der Waals surface area contributed by atoms with E-state index in [4.69, 9.17) is 0 Å².